The Morgan fingerprint density at radius 3 is 1.86 bits per heavy atom. The minimum atomic E-state index is 0.615. The molecule has 8 aromatic carbocycles. The number of aromatic nitrogens is 4. The number of hydrogen-bond acceptors (Lipinski definition) is 4. The zero-order valence-corrected chi connectivity index (χ0v) is 31.9. The van der Waals surface area contributed by atoms with Crippen LogP contribution in [0.5, 0.6) is 0 Å². The molecule has 0 aliphatic carbocycles. The number of benzene rings is 8. The molecular formula is C52H34N4S. The highest BCUT2D eigenvalue weighted by Gasteiger charge is 2.21. The van der Waals surface area contributed by atoms with Gasteiger partial charge in [-0.2, -0.15) is 0 Å². The van der Waals surface area contributed by atoms with Gasteiger partial charge in [0.25, 0.3) is 0 Å². The van der Waals surface area contributed by atoms with E-state index in [1.807, 2.05) is 29.5 Å². The van der Waals surface area contributed by atoms with Crippen molar-refractivity contribution in [3.63, 3.8) is 0 Å². The summed E-state index contributed by atoms with van der Waals surface area (Å²) in [7, 11) is 0. The summed E-state index contributed by atoms with van der Waals surface area (Å²) in [6.07, 6.45) is 0. The normalized spacial score (nSPS) is 11.6. The van der Waals surface area contributed by atoms with Crippen molar-refractivity contribution in [2.45, 2.75) is 6.92 Å². The summed E-state index contributed by atoms with van der Waals surface area (Å²) in [6, 6.07) is 66.7. The van der Waals surface area contributed by atoms with Crippen molar-refractivity contribution in [2.75, 3.05) is 0 Å². The van der Waals surface area contributed by atoms with Crippen molar-refractivity contribution in [1.82, 2.24) is 19.5 Å². The lowest BCUT2D eigenvalue weighted by Crippen LogP contribution is -2.04. The van der Waals surface area contributed by atoms with Gasteiger partial charge in [-0.15, -0.1) is 11.3 Å². The predicted octanol–water partition coefficient (Wildman–Crippen LogP) is 14.0. The number of para-hydroxylation sites is 1. The molecule has 268 valence electrons. The summed E-state index contributed by atoms with van der Waals surface area (Å²) in [5.74, 6) is 1.87. The van der Waals surface area contributed by atoms with Gasteiger partial charge in [0.15, 0.2) is 17.5 Å². The first-order chi connectivity index (χ1) is 28.2. The van der Waals surface area contributed by atoms with Crippen LogP contribution < -0.4 is 0 Å². The summed E-state index contributed by atoms with van der Waals surface area (Å²) in [6.45, 7) is 2.16. The fraction of sp³-hybridized carbons (Fsp3) is 0.0192. The maximum Gasteiger partial charge on any atom is 0.166 e. The van der Waals surface area contributed by atoms with E-state index in [2.05, 4.69) is 181 Å². The average Bonchev–Trinajstić information content (AvgIpc) is 3.82. The van der Waals surface area contributed by atoms with Gasteiger partial charge >= 0.3 is 0 Å². The maximum absolute atomic E-state index is 5.35. The van der Waals surface area contributed by atoms with Crippen molar-refractivity contribution in [1.29, 1.82) is 0 Å². The van der Waals surface area contributed by atoms with E-state index in [4.69, 9.17) is 15.0 Å². The topological polar surface area (TPSA) is 43.6 Å². The molecule has 0 spiro atoms. The second kappa shape index (κ2) is 13.5. The molecule has 0 bridgehead atoms. The Hall–Kier alpha value is -7.21. The molecule has 3 heterocycles. The molecule has 0 aliphatic heterocycles. The second-order valence-electron chi connectivity index (χ2n) is 14.5. The molecule has 0 saturated heterocycles. The van der Waals surface area contributed by atoms with Crippen LogP contribution in [-0.2, 0) is 0 Å². The minimum absolute atomic E-state index is 0.615. The number of nitrogens with zero attached hydrogens (tertiary/aromatic N) is 4. The molecule has 4 nitrogen and oxygen atoms in total. The van der Waals surface area contributed by atoms with Crippen LogP contribution in [0, 0.1) is 6.92 Å². The van der Waals surface area contributed by atoms with E-state index >= 15 is 0 Å². The number of hydrogen-bond donors (Lipinski definition) is 0. The van der Waals surface area contributed by atoms with Gasteiger partial charge in [-0.05, 0) is 71.1 Å². The van der Waals surface area contributed by atoms with Gasteiger partial charge in [-0.3, -0.25) is 0 Å². The highest BCUT2D eigenvalue weighted by Crippen LogP contribution is 2.42. The summed E-state index contributed by atoms with van der Waals surface area (Å²) < 4.78 is 4.96. The zero-order chi connectivity index (χ0) is 37.9. The van der Waals surface area contributed by atoms with Crippen LogP contribution >= 0.6 is 11.3 Å². The molecule has 0 N–H and O–H groups in total. The van der Waals surface area contributed by atoms with Gasteiger partial charge in [0.2, 0.25) is 0 Å². The Labute approximate surface area is 334 Å². The maximum atomic E-state index is 5.35. The molecule has 0 saturated carbocycles. The smallest absolute Gasteiger partial charge is 0.166 e. The van der Waals surface area contributed by atoms with Gasteiger partial charge in [-0.25, -0.2) is 15.0 Å². The molecule has 11 rings (SSSR count). The van der Waals surface area contributed by atoms with Gasteiger partial charge in [0, 0.05) is 47.6 Å². The van der Waals surface area contributed by atoms with Crippen LogP contribution in [0.25, 0.3) is 104 Å². The van der Waals surface area contributed by atoms with Crippen LogP contribution in [-0.4, -0.2) is 19.5 Å². The van der Waals surface area contributed by atoms with Crippen LogP contribution in [0.3, 0.4) is 0 Å². The summed E-state index contributed by atoms with van der Waals surface area (Å²) in [5, 5.41) is 4.98. The number of rotatable bonds is 6. The van der Waals surface area contributed by atoms with Gasteiger partial charge in [-0.1, -0.05) is 152 Å². The molecule has 0 unspecified atom stereocenters. The van der Waals surface area contributed by atoms with Gasteiger partial charge in [0.05, 0.1) is 16.7 Å². The SMILES string of the molecule is Cc1ccc2c3ccccc3n(-c3cc(-c4ccccc4)ccc3-c3nc(-c4ccccc4)nc(-c4cccc(-c5cccc6c5sc5ccccc56)c4)n3)c2c1. The minimum Gasteiger partial charge on any atom is -0.308 e. The van der Waals surface area contributed by atoms with Crippen molar-refractivity contribution in [3.8, 4) is 62.1 Å². The summed E-state index contributed by atoms with van der Waals surface area (Å²) in [4.78, 5) is 15.8. The molecule has 0 amide bonds. The molecule has 57 heavy (non-hydrogen) atoms. The Morgan fingerprint density at radius 1 is 0.386 bits per heavy atom. The fourth-order valence-electron chi connectivity index (χ4n) is 8.20. The first-order valence-electron chi connectivity index (χ1n) is 19.2. The highest BCUT2D eigenvalue weighted by molar-refractivity contribution is 7.26. The molecule has 0 atom stereocenters. The van der Waals surface area contributed by atoms with E-state index in [1.165, 1.54) is 42.1 Å². The van der Waals surface area contributed by atoms with Crippen molar-refractivity contribution >= 4 is 53.3 Å². The van der Waals surface area contributed by atoms with Crippen molar-refractivity contribution in [3.05, 3.63) is 194 Å². The quantitative estimate of drug-likeness (QED) is 0.170. The van der Waals surface area contributed by atoms with Crippen molar-refractivity contribution < 1.29 is 0 Å². The average molecular weight is 747 g/mol. The van der Waals surface area contributed by atoms with Crippen LogP contribution in [0.1, 0.15) is 5.56 Å². The fourth-order valence-corrected chi connectivity index (χ4v) is 9.44. The van der Waals surface area contributed by atoms with Crippen LogP contribution in [0.15, 0.2) is 188 Å². The monoisotopic (exact) mass is 746 g/mol. The lowest BCUT2D eigenvalue weighted by atomic mass is 10.00. The van der Waals surface area contributed by atoms with Gasteiger partial charge in [0.1, 0.15) is 0 Å². The molecule has 5 heteroatoms. The third-order valence-electron chi connectivity index (χ3n) is 10.9. The molecule has 3 aromatic heterocycles. The Kier molecular flexibility index (Phi) is 7.86. The van der Waals surface area contributed by atoms with E-state index in [0.29, 0.717) is 17.5 Å². The number of fused-ring (bicyclic) bond motifs is 6. The van der Waals surface area contributed by atoms with Crippen LogP contribution in [0.4, 0.5) is 0 Å². The third-order valence-corrected chi connectivity index (χ3v) is 12.1. The van der Waals surface area contributed by atoms with E-state index in [9.17, 15) is 0 Å². The molecule has 11 aromatic rings. The third kappa shape index (κ3) is 5.71. The Morgan fingerprint density at radius 2 is 1.02 bits per heavy atom. The second-order valence-corrected chi connectivity index (χ2v) is 15.6. The summed E-state index contributed by atoms with van der Waals surface area (Å²) in [5.41, 5.74) is 11.9. The zero-order valence-electron chi connectivity index (χ0n) is 31.1. The van der Waals surface area contributed by atoms with Gasteiger partial charge < -0.3 is 4.57 Å². The van der Waals surface area contributed by atoms with E-state index in [1.54, 1.807) is 0 Å². The highest BCUT2D eigenvalue weighted by atomic mass is 32.1. The first kappa shape index (κ1) is 33.2. The lowest BCUT2D eigenvalue weighted by molar-refractivity contribution is 1.06. The van der Waals surface area contributed by atoms with Crippen molar-refractivity contribution in [2.24, 2.45) is 0 Å². The molecule has 0 aliphatic rings. The lowest BCUT2D eigenvalue weighted by Gasteiger charge is -2.17. The van der Waals surface area contributed by atoms with E-state index < -0.39 is 0 Å². The van der Waals surface area contributed by atoms with E-state index in [0.717, 1.165) is 50.1 Å². The Bertz CT molecular complexity index is 3310. The molecule has 0 fully saturated rings. The molecular weight excluding hydrogens is 713 g/mol. The molecule has 0 radical (unpaired) electrons. The number of thiophene rings is 1. The Balaban J connectivity index is 1.15. The largest absolute Gasteiger partial charge is 0.308 e. The first-order valence-corrected chi connectivity index (χ1v) is 20.0. The standard InChI is InChI=1S/C52H34N4S/c1-33-26-28-41-40-20-8-10-24-45(40)56(46(41)30-33)47-32-36(34-14-4-2-5-15-34)27-29-44(47)52-54-50(35-16-6-3-7-17-35)53-51(55-52)38-19-12-18-37(31-38)39-22-13-23-43-42-21-9-11-25-48(42)57-49(39)43/h2-32H,1H3. The number of aryl methyl sites for hydroxylation is 1. The summed E-state index contributed by atoms with van der Waals surface area (Å²) >= 11 is 1.84. The predicted molar refractivity (Wildman–Crippen MR) is 239 cm³/mol. The van der Waals surface area contributed by atoms with Crippen LogP contribution in [0.2, 0.25) is 0 Å². The van der Waals surface area contributed by atoms with E-state index in [-0.39, 0.29) is 0 Å².